The van der Waals surface area contributed by atoms with Crippen LogP contribution >= 0.6 is 0 Å². The molecule has 1 N–H and O–H groups in total. The SMILES string of the molecule is Cc1cc(CNC(C)CN2CCCC2)nn1C. The van der Waals surface area contributed by atoms with E-state index in [1.807, 2.05) is 11.7 Å². The first-order valence-electron chi connectivity index (χ1n) is 6.60. The number of hydrogen-bond acceptors (Lipinski definition) is 3. The highest BCUT2D eigenvalue weighted by molar-refractivity contribution is 5.08. The summed E-state index contributed by atoms with van der Waals surface area (Å²) in [4.78, 5) is 2.54. The molecule has 2 heterocycles. The molecule has 2 rings (SSSR count). The third kappa shape index (κ3) is 3.54. The minimum Gasteiger partial charge on any atom is -0.307 e. The normalized spacial score (nSPS) is 18.8. The Morgan fingerprint density at radius 2 is 2.12 bits per heavy atom. The Morgan fingerprint density at radius 1 is 1.41 bits per heavy atom. The molecular formula is C13H24N4. The minimum absolute atomic E-state index is 0.537. The van der Waals surface area contributed by atoms with Gasteiger partial charge in [0.25, 0.3) is 0 Å². The Labute approximate surface area is 104 Å². The highest BCUT2D eigenvalue weighted by Gasteiger charge is 2.14. The average molecular weight is 236 g/mol. The molecular weight excluding hydrogens is 212 g/mol. The summed E-state index contributed by atoms with van der Waals surface area (Å²) in [5, 5.41) is 8.00. The van der Waals surface area contributed by atoms with E-state index in [-0.39, 0.29) is 0 Å². The summed E-state index contributed by atoms with van der Waals surface area (Å²) >= 11 is 0. The molecule has 4 nitrogen and oxygen atoms in total. The lowest BCUT2D eigenvalue weighted by molar-refractivity contribution is 0.297. The van der Waals surface area contributed by atoms with Crippen molar-refractivity contribution in [2.24, 2.45) is 7.05 Å². The number of nitrogens with zero attached hydrogens (tertiary/aromatic N) is 3. The van der Waals surface area contributed by atoms with Crippen LogP contribution < -0.4 is 5.32 Å². The molecule has 1 aromatic rings. The van der Waals surface area contributed by atoms with E-state index in [0.29, 0.717) is 6.04 Å². The van der Waals surface area contributed by atoms with Crippen LogP contribution in [-0.4, -0.2) is 40.4 Å². The van der Waals surface area contributed by atoms with Crippen LogP contribution in [0, 0.1) is 6.92 Å². The van der Waals surface area contributed by atoms with Gasteiger partial charge in [-0.2, -0.15) is 5.10 Å². The first-order chi connectivity index (χ1) is 8.15. The smallest absolute Gasteiger partial charge is 0.0765 e. The van der Waals surface area contributed by atoms with Crippen LogP contribution in [0.15, 0.2) is 6.07 Å². The third-order valence-corrected chi connectivity index (χ3v) is 3.53. The lowest BCUT2D eigenvalue weighted by Gasteiger charge is -2.20. The number of aromatic nitrogens is 2. The number of nitrogens with one attached hydrogen (secondary N) is 1. The van der Waals surface area contributed by atoms with Crippen molar-refractivity contribution in [3.8, 4) is 0 Å². The lowest BCUT2D eigenvalue weighted by Crippen LogP contribution is -2.37. The minimum atomic E-state index is 0.537. The summed E-state index contributed by atoms with van der Waals surface area (Å²) in [7, 11) is 1.99. The predicted octanol–water partition coefficient (Wildman–Crippen LogP) is 1.30. The zero-order valence-electron chi connectivity index (χ0n) is 11.2. The van der Waals surface area contributed by atoms with Crippen molar-refractivity contribution in [1.29, 1.82) is 0 Å². The zero-order valence-corrected chi connectivity index (χ0v) is 11.2. The van der Waals surface area contributed by atoms with Gasteiger partial charge in [-0.25, -0.2) is 0 Å². The maximum atomic E-state index is 4.45. The largest absolute Gasteiger partial charge is 0.307 e. The molecule has 1 fully saturated rings. The summed E-state index contributed by atoms with van der Waals surface area (Å²) < 4.78 is 1.93. The van der Waals surface area contributed by atoms with Gasteiger partial charge in [-0.15, -0.1) is 0 Å². The Hall–Kier alpha value is -0.870. The predicted molar refractivity (Wildman–Crippen MR) is 69.9 cm³/mol. The third-order valence-electron chi connectivity index (χ3n) is 3.53. The zero-order chi connectivity index (χ0) is 12.3. The second-order valence-electron chi connectivity index (χ2n) is 5.19. The van der Waals surface area contributed by atoms with E-state index in [2.05, 4.69) is 35.2 Å². The van der Waals surface area contributed by atoms with E-state index in [1.54, 1.807) is 0 Å². The van der Waals surface area contributed by atoms with Gasteiger partial charge in [-0.3, -0.25) is 4.68 Å². The number of aryl methyl sites for hydroxylation is 2. The summed E-state index contributed by atoms with van der Waals surface area (Å²) in [6.45, 7) is 8.92. The summed E-state index contributed by atoms with van der Waals surface area (Å²) in [5.41, 5.74) is 2.35. The number of hydrogen-bond donors (Lipinski definition) is 1. The van der Waals surface area contributed by atoms with Crippen LogP contribution in [0.5, 0.6) is 0 Å². The van der Waals surface area contributed by atoms with Crippen molar-refractivity contribution in [1.82, 2.24) is 20.0 Å². The molecule has 4 heteroatoms. The Bertz CT molecular complexity index is 333. The molecule has 1 aliphatic rings. The first-order valence-corrected chi connectivity index (χ1v) is 6.60. The Balaban J connectivity index is 1.73. The van der Waals surface area contributed by atoms with E-state index in [4.69, 9.17) is 0 Å². The van der Waals surface area contributed by atoms with Crippen molar-refractivity contribution >= 4 is 0 Å². The van der Waals surface area contributed by atoms with Crippen molar-refractivity contribution in [2.75, 3.05) is 19.6 Å². The van der Waals surface area contributed by atoms with Gasteiger partial charge < -0.3 is 10.2 Å². The quantitative estimate of drug-likeness (QED) is 0.836. The van der Waals surface area contributed by atoms with E-state index in [1.165, 1.54) is 31.6 Å². The maximum absolute atomic E-state index is 4.45. The van der Waals surface area contributed by atoms with Crippen LogP contribution in [-0.2, 0) is 13.6 Å². The molecule has 0 bridgehead atoms. The van der Waals surface area contributed by atoms with Crippen LogP contribution in [0.25, 0.3) is 0 Å². The van der Waals surface area contributed by atoms with Crippen LogP contribution in [0.2, 0.25) is 0 Å². The van der Waals surface area contributed by atoms with Gasteiger partial charge in [0.15, 0.2) is 0 Å². The second-order valence-corrected chi connectivity index (χ2v) is 5.19. The van der Waals surface area contributed by atoms with Crippen LogP contribution in [0.4, 0.5) is 0 Å². The molecule has 96 valence electrons. The molecule has 0 aliphatic carbocycles. The van der Waals surface area contributed by atoms with Crippen LogP contribution in [0.3, 0.4) is 0 Å². The molecule has 0 radical (unpaired) electrons. The highest BCUT2D eigenvalue weighted by atomic mass is 15.3. The summed E-state index contributed by atoms with van der Waals surface area (Å²) in [6, 6.07) is 2.69. The van der Waals surface area contributed by atoms with E-state index in [9.17, 15) is 0 Å². The second kappa shape index (κ2) is 5.65. The van der Waals surface area contributed by atoms with Gasteiger partial charge in [0.2, 0.25) is 0 Å². The van der Waals surface area contributed by atoms with E-state index >= 15 is 0 Å². The van der Waals surface area contributed by atoms with Gasteiger partial charge in [-0.1, -0.05) is 0 Å². The first kappa shape index (κ1) is 12.6. The highest BCUT2D eigenvalue weighted by Crippen LogP contribution is 2.08. The topological polar surface area (TPSA) is 33.1 Å². The molecule has 1 aromatic heterocycles. The van der Waals surface area contributed by atoms with Crippen molar-refractivity contribution in [2.45, 2.75) is 39.3 Å². The monoisotopic (exact) mass is 236 g/mol. The van der Waals surface area contributed by atoms with Gasteiger partial charge in [-0.05, 0) is 45.8 Å². The lowest BCUT2D eigenvalue weighted by atomic mass is 10.3. The molecule has 0 saturated carbocycles. The number of rotatable bonds is 5. The van der Waals surface area contributed by atoms with E-state index < -0.39 is 0 Å². The average Bonchev–Trinajstić information content (AvgIpc) is 2.87. The molecule has 1 atom stereocenters. The molecule has 1 aliphatic heterocycles. The van der Waals surface area contributed by atoms with Crippen molar-refractivity contribution < 1.29 is 0 Å². The molecule has 0 amide bonds. The molecule has 0 aromatic carbocycles. The fourth-order valence-electron chi connectivity index (χ4n) is 2.42. The molecule has 17 heavy (non-hydrogen) atoms. The summed E-state index contributed by atoms with van der Waals surface area (Å²) in [6.07, 6.45) is 2.73. The fraction of sp³-hybridized carbons (Fsp3) is 0.769. The molecule has 1 saturated heterocycles. The van der Waals surface area contributed by atoms with Gasteiger partial charge in [0, 0.05) is 31.9 Å². The Kier molecular flexibility index (Phi) is 4.18. The maximum Gasteiger partial charge on any atom is 0.0765 e. The van der Waals surface area contributed by atoms with E-state index in [0.717, 1.165) is 18.8 Å². The molecule has 1 unspecified atom stereocenters. The van der Waals surface area contributed by atoms with Crippen LogP contribution in [0.1, 0.15) is 31.2 Å². The number of likely N-dealkylation sites (tertiary alicyclic amines) is 1. The standard InChI is InChI=1S/C13H24N4/c1-11(10-17-6-4-5-7-17)14-9-13-8-12(2)16(3)15-13/h8,11,14H,4-7,9-10H2,1-3H3. The van der Waals surface area contributed by atoms with Crippen molar-refractivity contribution in [3.63, 3.8) is 0 Å². The van der Waals surface area contributed by atoms with Gasteiger partial charge in [0.1, 0.15) is 0 Å². The molecule has 0 spiro atoms. The van der Waals surface area contributed by atoms with Crippen molar-refractivity contribution in [3.05, 3.63) is 17.5 Å². The summed E-state index contributed by atoms with van der Waals surface area (Å²) in [5.74, 6) is 0. The van der Waals surface area contributed by atoms with Gasteiger partial charge >= 0.3 is 0 Å². The Morgan fingerprint density at radius 3 is 2.71 bits per heavy atom. The fourth-order valence-corrected chi connectivity index (χ4v) is 2.42. The van der Waals surface area contributed by atoms with Gasteiger partial charge in [0.05, 0.1) is 5.69 Å².